The van der Waals surface area contributed by atoms with Crippen LogP contribution in [0, 0.1) is 0 Å². The second kappa shape index (κ2) is 2.90. The van der Waals surface area contributed by atoms with Crippen LogP contribution in [0.2, 0.25) is 0 Å². The molecule has 0 fully saturated rings. The largest absolute Gasteiger partial charge is 0.476 e. The molecular weight excluding hydrogens is 180 g/mol. The second-order valence-corrected chi connectivity index (χ2v) is 2.91. The average Bonchev–Trinajstić information content (AvgIpc) is 2.30. The van der Waals surface area contributed by atoms with E-state index in [1.165, 1.54) is 6.92 Å². The van der Waals surface area contributed by atoms with Crippen molar-refractivity contribution in [1.82, 2.24) is 4.37 Å². The molecule has 0 amide bonds. The maximum atomic E-state index is 10.8. The molecule has 0 aliphatic heterocycles. The van der Waals surface area contributed by atoms with Crippen LogP contribution in [-0.2, 0) is 0 Å². The van der Waals surface area contributed by atoms with Gasteiger partial charge in [-0.1, -0.05) is 0 Å². The highest BCUT2D eigenvalue weighted by Gasteiger charge is 2.18. The SMILES string of the molecule is CC(=O)c1snc(C(=O)O)c1N. The van der Waals surface area contributed by atoms with Gasteiger partial charge in [-0.15, -0.1) is 0 Å². The summed E-state index contributed by atoms with van der Waals surface area (Å²) >= 11 is 0.807. The highest BCUT2D eigenvalue weighted by atomic mass is 32.1. The lowest BCUT2D eigenvalue weighted by molar-refractivity contribution is 0.0693. The van der Waals surface area contributed by atoms with Crippen molar-refractivity contribution < 1.29 is 14.7 Å². The molecule has 3 N–H and O–H groups in total. The summed E-state index contributed by atoms with van der Waals surface area (Å²) in [4.78, 5) is 21.4. The van der Waals surface area contributed by atoms with Crippen molar-refractivity contribution in [3.63, 3.8) is 0 Å². The summed E-state index contributed by atoms with van der Waals surface area (Å²) in [6.45, 7) is 1.31. The minimum absolute atomic E-state index is 0.0417. The number of aromatic nitrogens is 1. The van der Waals surface area contributed by atoms with Crippen LogP contribution >= 0.6 is 11.5 Å². The highest BCUT2D eigenvalue weighted by molar-refractivity contribution is 7.09. The van der Waals surface area contributed by atoms with Crippen molar-refractivity contribution in [1.29, 1.82) is 0 Å². The van der Waals surface area contributed by atoms with E-state index in [2.05, 4.69) is 4.37 Å². The quantitative estimate of drug-likeness (QED) is 0.660. The van der Waals surface area contributed by atoms with Gasteiger partial charge < -0.3 is 10.8 Å². The van der Waals surface area contributed by atoms with Crippen molar-refractivity contribution in [2.24, 2.45) is 0 Å². The van der Waals surface area contributed by atoms with Gasteiger partial charge in [0, 0.05) is 6.92 Å². The molecule has 0 bridgehead atoms. The molecule has 0 radical (unpaired) electrons. The van der Waals surface area contributed by atoms with Gasteiger partial charge in [0.15, 0.2) is 11.5 Å². The van der Waals surface area contributed by atoms with Crippen LogP contribution in [0.4, 0.5) is 5.69 Å². The van der Waals surface area contributed by atoms with E-state index in [-0.39, 0.29) is 22.0 Å². The number of ketones is 1. The molecule has 0 saturated heterocycles. The van der Waals surface area contributed by atoms with E-state index in [4.69, 9.17) is 10.8 Å². The van der Waals surface area contributed by atoms with Gasteiger partial charge in [-0.2, -0.15) is 4.37 Å². The third-order valence-electron chi connectivity index (χ3n) is 1.25. The lowest BCUT2D eigenvalue weighted by Gasteiger charge is -1.90. The first-order chi connectivity index (χ1) is 5.54. The predicted octanol–water partition coefficient (Wildman–Crippen LogP) is 0.626. The van der Waals surface area contributed by atoms with Crippen LogP contribution in [-0.4, -0.2) is 21.2 Å². The molecule has 6 heteroatoms. The fourth-order valence-electron chi connectivity index (χ4n) is 0.705. The van der Waals surface area contributed by atoms with Crippen LogP contribution in [0.1, 0.15) is 27.1 Å². The summed E-state index contributed by atoms with van der Waals surface area (Å²) in [6, 6.07) is 0. The summed E-state index contributed by atoms with van der Waals surface area (Å²) in [7, 11) is 0. The standard InChI is InChI=1S/C6H6N2O3S/c1-2(9)5-3(7)4(6(10)11)8-12-5/h7H2,1H3,(H,10,11). The van der Waals surface area contributed by atoms with Gasteiger partial charge in [-0.3, -0.25) is 4.79 Å². The summed E-state index contributed by atoms with van der Waals surface area (Å²) in [5, 5.41) is 8.51. The van der Waals surface area contributed by atoms with Crippen molar-refractivity contribution in [3.8, 4) is 0 Å². The normalized spacial score (nSPS) is 9.75. The summed E-state index contributed by atoms with van der Waals surface area (Å²) in [5.41, 5.74) is 5.06. The Morgan fingerprint density at radius 2 is 2.17 bits per heavy atom. The Morgan fingerprint density at radius 1 is 1.58 bits per heavy atom. The second-order valence-electron chi connectivity index (χ2n) is 2.14. The zero-order valence-corrected chi connectivity index (χ0v) is 7.01. The molecular formula is C6H6N2O3S. The molecule has 64 valence electrons. The lowest BCUT2D eigenvalue weighted by atomic mass is 10.2. The van der Waals surface area contributed by atoms with Gasteiger partial charge in [0.25, 0.3) is 0 Å². The molecule has 1 heterocycles. The molecule has 0 unspecified atom stereocenters. The molecule has 0 saturated carbocycles. The topological polar surface area (TPSA) is 93.3 Å². The molecule has 12 heavy (non-hydrogen) atoms. The number of nitrogens with zero attached hydrogens (tertiary/aromatic N) is 1. The highest BCUT2D eigenvalue weighted by Crippen LogP contribution is 2.21. The van der Waals surface area contributed by atoms with Crippen molar-refractivity contribution in [2.75, 3.05) is 5.73 Å². The lowest BCUT2D eigenvalue weighted by Crippen LogP contribution is -2.03. The minimum atomic E-state index is -1.21. The first kappa shape index (κ1) is 8.66. The summed E-state index contributed by atoms with van der Waals surface area (Å²) in [5.74, 6) is -1.48. The summed E-state index contributed by atoms with van der Waals surface area (Å²) in [6.07, 6.45) is 0. The van der Waals surface area contributed by atoms with Crippen LogP contribution in [0.3, 0.4) is 0 Å². The third-order valence-corrected chi connectivity index (χ3v) is 2.21. The van der Waals surface area contributed by atoms with Crippen LogP contribution < -0.4 is 5.73 Å². The van der Waals surface area contributed by atoms with E-state index in [0.29, 0.717) is 0 Å². The molecule has 5 nitrogen and oxygen atoms in total. The van der Waals surface area contributed by atoms with Gasteiger partial charge in [-0.25, -0.2) is 4.79 Å². The number of rotatable bonds is 2. The van der Waals surface area contributed by atoms with Crippen molar-refractivity contribution >= 4 is 29.0 Å². The Balaban J connectivity index is 3.22. The van der Waals surface area contributed by atoms with Gasteiger partial charge >= 0.3 is 5.97 Å². The number of carboxylic acid groups (broad SMARTS) is 1. The van der Waals surface area contributed by atoms with E-state index in [0.717, 1.165) is 11.5 Å². The first-order valence-corrected chi connectivity index (χ1v) is 3.80. The van der Waals surface area contributed by atoms with E-state index in [9.17, 15) is 9.59 Å². The van der Waals surface area contributed by atoms with E-state index >= 15 is 0 Å². The molecule has 1 aromatic heterocycles. The third kappa shape index (κ3) is 1.28. The number of carbonyl (C=O) groups excluding carboxylic acids is 1. The van der Waals surface area contributed by atoms with Crippen LogP contribution in [0.15, 0.2) is 0 Å². The zero-order valence-electron chi connectivity index (χ0n) is 6.20. The smallest absolute Gasteiger partial charge is 0.357 e. The van der Waals surface area contributed by atoms with Crippen molar-refractivity contribution in [2.45, 2.75) is 6.92 Å². The number of nitrogen functional groups attached to an aromatic ring is 1. The minimum Gasteiger partial charge on any atom is -0.476 e. The monoisotopic (exact) mass is 186 g/mol. The Hall–Kier alpha value is -1.43. The van der Waals surface area contributed by atoms with Crippen molar-refractivity contribution in [3.05, 3.63) is 10.6 Å². The average molecular weight is 186 g/mol. The van der Waals surface area contributed by atoms with Gasteiger partial charge in [0.2, 0.25) is 0 Å². The van der Waals surface area contributed by atoms with Gasteiger partial charge in [0.1, 0.15) is 4.88 Å². The first-order valence-electron chi connectivity index (χ1n) is 3.03. The molecule has 1 aromatic rings. The fourth-order valence-corrected chi connectivity index (χ4v) is 1.39. The number of Topliss-reactive ketones (excluding diaryl/α,β-unsaturated/α-hetero) is 1. The maximum Gasteiger partial charge on any atom is 0.357 e. The number of nitrogens with two attached hydrogens (primary N) is 1. The molecule has 0 spiro atoms. The Bertz CT molecular complexity index is 313. The Labute approximate surface area is 72.0 Å². The predicted molar refractivity (Wildman–Crippen MR) is 43.5 cm³/mol. The zero-order chi connectivity index (χ0) is 9.30. The van der Waals surface area contributed by atoms with Gasteiger partial charge in [-0.05, 0) is 11.5 Å². The van der Waals surface area contributed by atoms with Crippen LogP contribution in [0.5, 0.6) is 0 Å². The molecule has 1 rings (SSSR count). The van der Waals surface area contributed by atoms with Gasteiger partial charge in [0.05, 0.1) is 5.69 Å². The number of aromatic carboxylic acids is 1. The Morgan fingerprint density at radius 3 is 2.42 bits per heavy atom. The van der Waals surface area contributed by atoms with E-state index in [1.807, 2.05) is 0 Å². The van der Waals surface area contributed by atoms with Crippen LogP contribution in [0.25, 0.3) is 0 Å². The van der Waals surface area contributed by atoms with E-state index < -0.39 is 5.97 Å². The molecule has 0 aliphatic rings. The number of hydrogen-bond donors (Lipinski definition) is 2. The fraction of sp³-hybridized carbons (Fsp3) is 0.167. The molecule has 0 atom stereocenters. The van der Waals surface area contributed by atoms with E-state index in [1.54, 1.807) is 0 Å². The number of anilines is 1. The maximum absolute atomic E-state index is 10.8. The number of hydrogen-bond acceptors (Lipinski definition) is 5. The Kier molecular flexibility index (Phi) is 2.09. The summed E-state index contributed by atoms with van der Waals surface area (Å²) < 4.78 is 3.53. The molecule has 0 aromatic carbocycles. The number of carbonyl (C=O) groups is 2. The molecule has 0 aliphatic carbocycles. The number of carboxylic acids is 1.